The van der Waals surface area contributed by atoms with Crippen molar-refractivity contribution < 1.29 is 0 Å². The van der Waals surface area contributed by atoms with Crippen LogP contribution in [0.5, 0.6) is 0 Å². The molecular weight excluding hydrogens is 290 g/mol. The number of nitrogens with zero attached hydrogens (tertiary/aromatic N) is 1. The maximum atomic E-state index is 5.82. The standard InChI is InChI=1S/C14H20BrN3/c15-14-4-1-11(16)7-10(14)8-17-12-5-6-18(9-12)13-2-3-13/h1,4,7,12-13,17H,2-3,5-6,8-9,16H2. The van der Waals surface area contributed by atoms with Crippen molar-refractivity contribution in [2.24, 2.45) is 0 Å². The number of halogens is 1. The summed E-state index contributed by atoms with van der Waals surface area (Å²) in [5.74, 6) is 0. The highest BCUT2D eigenvalue weighted by molar-refractivity contribution is 9.10. The highest BCUT2D eigenvalue weighted by Crippen LogP contribution is 2.30. The minimum Gasteiger partial charge on any atom is -0.399 e. The Bertz CT molecular complexity index is 431. The van der Waals surface area contributed by atoms with Crippen LogP contribution >= 0.6 is 15.9 Å². The summed E-state index contributed by atoms with van der Waals surface area (Å²) in [6.45, 7) is 3.37. The average molecular weight is 310 g/mol. The molecule has 0 bridgehead atoms. The number of nitrogens with two attached hydrogens (primary N) is 1. The third-order valence-corrected chi connectivity index (χ3v) is 4.71. The van der Waals surface area contributed by atoms with Crippen LogP contribution in [-0.4, -0.2) is 30.1 Å². The zero-order chi connectivity index (χ0) is 12.5. The van der Waals surface area contributed by atoms with Crippen molar-refractivity contribution in [3.05, 3.63) is 28.2 Å². The topological polar surface area (TPSA) is 41.3 Å². The molecule has 0 spiro atoms. The first-order valence-corrected chi connectivity index (χ1v) is 7.53. The molecule has 1 atom stereocenters. The van der Waals surface area contributed by atoms with E-state index in [0.717, 1.165) is 22.7 Å². The zero-order valence-corrected chi connectivity index (χ0v) is 12.1. The molecular formula is C14H20BrN3. The van der Waals surface area contributed by atoms with E-state index in [-0.39, 0.29) is 0 Å². The fourth-order valence-electron chi connectivity index (χ4n) is 2.71. The van der Waals surface area contributed by atoms with Gasteiger partial charge in [0.25, 0.3) is 0 Å². The number of nitrogens with one attached hydrogen (secondary N) is 1. The Morgan fingerprint density at radius 3 is 2.94 bits per heavy atom. The van der Waals surface area contributed by atoms with Crippen molar-refractivity contribution >= 4 is 21.6 Å². The Kier molecular flexibility index (Phi) is 3.59. The maximum absolute atomic E-state index is 5.82. The lowest BCUT2D eigenvalue weighted by molar-refractivity contribution is 0.317. The highest BCUT2D eigenvalue weighted by Gasteiger charge is 2.34. The number of likely N-dealkylation sites (tertiary alicyclic amines) is 1. The lowest BCUT2D eigenvalue weighted by Gasteiger charge is -2.16. The molecule has 1 saturated carbocycles. The molecule has 1 aliphatic carbocycles. The van der Waals surface area contributed by atoms with Gasteiger partial charge >= 0.3 is 0 Å². The maximum Gasteiger partial charge on any atom is 0.0318 e. The Morgan fingerprint density at radius 1 is 1.33 bits per heavy atom. The van der Waals surface area contributed by atoms with Crippen molar-refractivity contribution in [3.63, 3.8) is 0 Å². The summed E-state index contributed by atoms with van der Waals surface area (Å²) in [4.78, 5) is 2.63. The summed E-state index contributed by atoms with van der Waals surface area (Å²) in [6, 6.07) is 7.54. The van der Waals surface area contributed by atoms with Gasteiger partial charge < -0.3 is 11.1 Å². The van der Waals surface area contributed by atoms with Gasteiger partial charge in [-0.3, -0.25) is 4.90 Å². The van der Waals surface area contributed by atoms with E-state index in [0.29, 0.717) is 6.04 Å². The predicted octanol–water partition coefficient (Wildman–Crippen LogP) is 2.36. The largest absolute Gasteiger partial charge is 0.399 e. The van der Waals surface area contributed by atoms with E-state index in [9.17, 15) is 0 Å². The van der Waals surface area contributed by atoms with Gasteiger partial charge in [-0.1, -0.05) is 15.9 Å². The Labute approximate surface area is 117 Å². The third-order valence-electron chi connectivity index (χ3n) is 3.93. The summed E-state index contributed by atoms with van der Waals surface area (Å²) in [6.07, 6.45) is 4.09. The molecule has 1 aromatic carbocycles. The summed E-state index contributed by atoms with van der Waals surface area (Å²) >= 11 is 3.58. The minimum atomic E-state index is 0.638. The molecule has 3 rings (SSSR count). The Hall–Kier alpha value is -0.580. The monoisotopic (exact) mass is 309 g/mol. The van der Waals surface area contributed by atoms with Gasteiger partial charge in [-0.15, -0.1) is 0 Å². The van der Waals surface area contributed by atoms with Crippen LogP contribution in [0.15, 0.2) is 22.7 Å². The SMILES string of the molecule is Nc1ccc(Br)c(CNC2CCN(C3CC3)C2)c1. The van der Waals surface area contributed by atoms with E-state index in [1.54, 1.807) is 0 Å². The molecule has 0 radical (unpaired) electrons. The zero-order valence-electron chi connectivity index (χ0n) is 10.5. The van der Waals surface area contributed by atoms with Crippen LogP contribution in [0, 0.1) is 0 Å². The Morgan fingerprint density at radius 2 is 2.17 bits per heavy atom. The van der Waals surface area contributed by atoms with Crippen molar-refractivity contribution in [1.29, 1.82) is 0 Å². The summed E-state index contributed by atoms with van der Waals surface area (Å²) < 4.78 is 1.14. The van der Waals surface area contributed by atoms with E-state index in [4.69, 9.17) is 5.73 Å². The molecule has 0 aromatic heterocycles. The van der Waals surface area contributed by atoms with Crippen LogP contribution in [0.25, 0.3) is 0 Å². The number of hydrogen-bond donors (Lipinski definition) is 2. The third kappa shape index (κ3) is 2.87. The van der Waals surface area contributed by atoms with E-state index in [2.05, 4.69) is 26.1 Å². The number of hydrogen-bond acceptors (Lipinski definition) is 3. The molecule has 1 saturated heterocycles. The first-order valence-electron chi connectivity index (χ1n) is 6.74. The van der Waals surface area contributed by atoms with Gasteiger partial charge in [-0.05, 0) is 43.0 Å². The van der Waals surface area contributed by atoms with Gasteiger partial charge in [0.15, 0.2) is 0 Å². The molecule has 18 heavy (non-hydrogen) atoms. The van der Waals surface area contributed by atoms with Gasteiger partial charge in [0.05, 0.1) is 0 Å². The van der Waals surface area contributed by atoms with E-state index < -0.39 is 0 Å². The quantitative estimate of drug-likeness (QED) is 0.839. The molecule has 0 amide bonds. The molecule has 1 aromatic rings. The fraction of sp³-hybridized carbons (Fsp3) is 0.571. The van der Waals surface area contributed by atoms with Crippen LogP contribution in [0.1, 0.15) is 24.8 Å². The normalized spacial score (nSPS) is 24.6. The molecule has 98 valence electrons. The van der Waals surface area contributed by atoms with E-state index in [1.165, 1.54) is 37.9 Å². The molecule has 4 heteroatoms. The van der Waals surface area contributed by atoms with Gasteiger partial charge in [-0.2, -0.15) is 0 Å². The van der Waals surface area contributed by atoms with Crippen molar-refractivity contribution in [2.45, 2.75) is 37.9 Å². The highest BCUT2D eigenvalue weighted by atomic mass is 79.9. The molecule has 2 fully saturated rings. The van der Waals surface area contributed by atoms with Gasteiger partial charge in [0, 0.05) is 41.9 Å². The molecule has 2 aliphatic rings. The van der Waals surface area contributed by atoms with Crippen LogP contribution in [0.2, 0.25) is 0 Å². The Balaban J connectivity index is 1.53. The molecule has 3 nitrogen and oxygen atoms in total. The van der Waals surface area contributed by atoms with Crippen molar-refractivity contribution in [3.8, 4) is 0 Å². The van der Waals surface area contributed by atoms with Crippen LogP contribution < -0.4 is 11.1 Å². The second-order valence-corrected chi connectivity index (χ2v) is 6.30. The smallest absolute Gasteiger partial charge is 0.0318 e. The second-order valence-electron chi connectivity index (χ2n) is 5.44. The fourth-order valence-corrected chi connectivity index (χ4v) is 3.10. The summed E-state index contributed by atoms with van der Waals surface area (Å²) in [5, 5.41) is 3.65. The number of benzene rings is 1. The summed E-state index contributed by atoms with van der Waals surface area (Å²) in [5.41, 5.74) is 7.91. The number of nitrogen functional groups attached to an aromatic ring is 1. The lowest BCUT2D eigenvalue weighted by Crippen LogP contribution is -2.32. The average Bonchev–Trinajstić information content (AvgIpc) is 3.10. The molecule has 1 aliphatic heterocycles. The van der Waals surface area contributed by atoms with E-state index in [1.807, 2.05) is 18.2 Å². The van der Waals surface area contributed by atoms with Gasteiger partial charge in [-0.25, -0.2) is 0 Å². The molecule has 3 N–H and O–H groups in total. The lowest BCUT2D eigenvalue weighted by atomic mass is 10.2. The number of rotatable bonds is 4. The minimum absolute atomic E-state index is 0.638. The number of anilines is 1. The second kappa shape index (κ2) is 5.19. The van der Waals surface area contributed by atoms with Crippen LogP contribution in [0.4, 0.5) is 5.69 Å². The first-order chi connectivity index (χ1) is 8.72. The van der Waals surface area contributed by atoms with Crippen LogP contribution in [0.3, 0.4) is 0 Å². The predicted molar refractivity (Wildman–Crippen MR) is 78.4 cm³/mol. The van der Waals surface area contributed by atoms with Gasteiger partial charge in [0.1, 0.15) is 0 Å². The molecule has 1 heterocycles. The van der Waals surface area contributed by atoms with E-state index >= 15 is 0 Å². The first kappa shape index (κ1) is 12.5. The summed E-state index contributed by atoms with van der Waals surface area (Å²) in [7, 11) is 0. The van der Waals surface area contributed by atoms with Crippen molar-refractivity contribution in [1.82, 2.24) is 10.2 Å². The van der Waals surface area contributed by atoms with Gasteiger partial charge in [0.2, 0.25) is 0 Å². The van der Waals surface area contributed by atoms with Crippen molar-refractivity contribution in [2.75, 3.05) is 18.8 Å². The van der Waals surface area contributed by atoms with Crippen LogP contribution in [-0.2, 0) is 6.54 Å². The molecule has 1 unspecified atom stereocenters.